The Hall–Kier alpha value is -3.47. The van der Waals surface area contributed by atoms with Crippen LogP contribution in [-0.2, 0) is 12.8 Å². The molecular formula is C23H19NO4. The number of aromatic nitrogens is 1. The molecule has 1 aliphatic heterocycles. The SMILES string of the molecule is O=C1c2ccc(O)c(c2)CCCCc2cc(ccc2O)C(=O)c2cccc1n2. The number of pyridine rings is 1. The van der Waals surface area contributed by atoms with Gasteiger partial charge in [-0.15, -0.1) is 0 Å². The van der Waals surface area contributed by atoms with Crippen molar-refractivity contribution < 1.29 is 19.8 Å². The number of benzene rings is 2. The van der Waals surface area contributed by atoms with Crippen LogP contribution >= 0.6 is 0 Å². The Morgan fingerprint density at radius 1 is 0.679 bits per heavy atom. The molecule has 0 fully saturated rings. The first kappa shape index (κ1) is 17.9. The Labute approximate surface area is 162 Å². The molecule has 5 nitrogen and oxygen atoms in total. The predicted octanol–water partition coefficient (Wildman–Crippen LogP) is 3.83. The minimum atomic E-state index is -0.294. The van der Waals surface area contributed by atoms with E-state index in [1.807, 2.05) is 0 Å². The summed E-state index contributed by atoms with van der Waals surface area (Å²) in [6, 6.07) is 14.3. The zero-order valence-corrected chi connectivity index (χ0v) is 15.2. The molecule has 1 aromatic heterocycles. The first-order chi connectivity index (χ1) is 13.5. The maximum absolute atomic E-state index is 12.9. The number of hydrogen-bond acceptors (Lipinski definition) is 5. The van der Waals surface area contributed by atoms with Crippen LogP contribution in [0.1, 0.15) is 56.1 Å². The van der Waals surface area contributed by atoms with E-state index in [1.54, 1.807) is 42.5 Å². The van der Waals surface area contributed by atoms with Crippen molar-refractivity contribution in [1.29, 1.82) is 0 Å². The third-order valence-corrected chi connectivity index (χ3v) is 5.04. The van der Waals surface area contributed by atoms with E-state index in [2.05, 4.69) is 4.98 Å². The smallest absolute Gasteiger partial charge is 0.211 e. The van der Waals surface area contributed by atoms with Crippen molar-refractivity contribution in [1.82, 2.24) is 4.98 Å². The van der Waals surface area contributed by atoms with Crippen LogP contribution < -0.4 is 0 Å². The molecule has 140 valence electrons. The zero-order valence-electron chi connectivity index (χ0n) is 15.2. The summed E-state index contributed by atoms with van der Waals surface area (Å²) in [5, 5.41) is 20.2. The number of aryl methyl sites for hydroxylation is 2. The Balaban J connectivity index is 1.84. The van der Waals surface area contributed by atoms with E-state index in [-0.39, 0.29) is 34.5 Å². The third-order valence-electron chi connectivity index (χ3n) is 5.04. The molecule has 3 aromatic rings. The lowest BCUT2D eigenvalue weighted by Gasteiger charge is -2.08. The van der Waals surface area contributed by atoms with Crippen molar-refractivity contribution >= 4 is 11.6 Å². The largest absolute Gasteiger partial charge is 0.508 e. The van der Waals surface area contributed by atoms with Gasteiger partial charge in [-0.3, -0.25) is 9.59 Å². The van der Waals surface area contributed by atoms with Crippen LogP contribution in [0.3, 0.4) is 0 Å². The van der Waals surface area contributed by atoms with Gasteiger partial charge in [-0.25, -0.2) is 4.98 Å². The van der Waals surface area contributed by atoms with Gasteiger partial charge in [0, 0.05) is 11.1 Å². The topological polar surface area (TPSA) is 87.5 Å². The number of nitrogens with zero attached hydrogens (tertiary/aromatic N) is 1. The number of ketones is 2. The molecule has 6 bridgehead atoms. The second kappa shape index (κ2) is 7.27. The molecule has 2 N–H and O–H groups in total. The maximum atomic E-state index is 12.9. The minimum Gasteiger partial charge on any atom is -0.508 e. The third kappa shape index (κ3) is 3.39. The van der Waals surface area contributed by atoms with Gasteiger partial charge in [-0.1, -0.05) is 6.07 Å². The highest BCUT2D eigenvalue weighted by molar-refractivity contribution is 6.11. The Morgan fingerprint density at radius 2 is 1.14 bits per heavy atom. The predicted molar refractivity (Wildman–Crippen MR) is 104 cm³/mol. The highest BCUT2D eigenvalue weighted by atomic mass is 16.3. The van der Waals surface area contributed by atoms with Crippen LogP contribution in [-0.4, -0.2) is 26.8 Å². The van der Waals surface area contributed by atoms with Crippen LogP contribution in [0.15, 0.2) is 54.6 Å². The second-order valence-electron chi connectivity index (χ2n) is 6.96. The summed E-state index contributed by atoms with van der Waals surface area (Å²) in [4.78, 5) is 30.0. The Bertz CT molecular complexity index is 1000. The van der Waals surface area contributed by atoms with Gasteiger partial charge in [0.2, 0.25) is 11.6 Å². The molecule has 0 radical (unpaired) electrons. The molecule has 0 aliphatic carbocycles. The van der Waals surface area contributed by atoms with Gasteiger partial charge in [-0.2, -0.15) is 0 Å². The van der Waals surface area contributed by atoms with Crippen LogP contribution in [0.25, 0.3) is 0 Å². The lowest BCUT2D eigenvalue weighted by Crippen LogP contribution is -2.10. The molecular weight excluding hydrogens is 354 g/mol. The number of aromatic hydroxyl groups is 2. The van der Waals surface area contributed by atoms with Crippen LogP contribution in [0, 0.1) is 0 Å². The Kier molecular flexibility index (Phi) is 4.65. The van der Waals surface area contributed by atoms with E-state index >= 15 is 0 Å². The molecule has 0 spiro atoms. The summed E-state index contributed by atoms with van der Waals surface area (Å²) in [5.41, 5.74) is 2.61. The number of phenols is 2. The van der Waals surface area contributed by atoms with E-state index in [4.69, 9.17) is 0 Å². The molecule has 1 aliphatic rings. The number of hydrogen-bond donors (Lipinski definition) is 2. The first-order valence-corrected chi connectivity index (χ1v) is 9.23. The minimum absolute atomic E-state index is 0.155. The number of rotatable bonds is 0. The van der Waals surface area contributed by atoms with Gasteiger partial charge in [0.25, 0.3) is 0 Å². The molecule has 28 heavy (non-hydrogen) atoms. The number of phenolic OH excluding ortho intramolecular Hbond substituents is 2. The van der Waals surface area contributed by atoms with Crippen LogP contribution in [0.2, 0.25) is 0 Å². The van der Waals surface area contributed by atoms with Gasteiger partial charge in [-0.05, 0) is 85.3 Å². The van der Waals surface area contributed by atoms with E-state index in [0.717, 1.165) is 12.8 Å². The molecule has 4 rings (SSSR count). The summed E-state index contributed by atoms with van der Waals surface area (Å²) in [6.45, 7) is 0. The fraction of sp³-hybridized carbons (Fsp3) is 0.174. The second-order valence-corrected chi connectivity index (χ2v) is 6.96. The molecule has 5 heteroatoms. The van der Waals surface area contributed by atoms with E-state index in [9.17, 15) is 19.8 Å². The normalized spacial score (nSPS) is 14.3. The molecule has 0 atom stereocenters. The van der Waals surface area contributed by atoms with Crippen molar-refractivity contribution in [3.05, 3.63) is 88.2 Å². The van der Waals surface area contributed by atoms with Crippen LogP contribution in [0.4, 0.5) is 0 Å². The molecule has 0 saturated heterocycles. The van der Waals surface area contributed by atoms with E-state index < -0.39 is 0 Å². The average Bonchev–Trinajstić information content (AvgIpc) is 2.72. The summed E-state index contributed by atoms with van der Waals surface area (Å²) in [7, 11) is 0. The highest BCUT2D eigenvalue weighted by Gasteiger charge is 2.18. The molecule has 0 unspecified atom stereocenters. The molecule has 2 aromatic carbocycles. The molecule has 0 saturated carbocycles. The monoisotopic (exact) mass is 373 g/mol. The van der Waals surface area contributed by atoms with Gasteiger partial charge in [0.1, 0.15) is 22.9 Å². The standard InChI is InChI=1S/C23H19NO4/c25-20-10-8-16-12-14(20)4-1-2-5-15-13-17(9-11-21(15)26)23(28)19-7-3-6-18(24-19)22(16)27/h3,6-13,25-26H,1-2,4-5H2. The van der Waals surface area contributed by atoms with Gasteiger partial charge in [0.05, 0.1) is 0 Å². The summed E-state index contributed by atoms with van der Waals surface area (Å²) >= 11 is 0. The zero-order chi connectivity index (χ0) is 19.7. The van der Waals surface area contributed by atoms with Gasteiger partial charge < -0.3 is 10.2 Å². The van der Waals surface area contributed by atoms with E-state index in [1.165, 1.54) is 12.1 Å². The highest BCUT2D eigenvalue weighted by Crippen LogP contribution is 2.26. The van der Waals surface area contributed by atoms with Gasteiger partial charge >= 0.3 is 0 Å². The maximum Gasteiger partial charge on any atom is 0.211 e. The number of carbonyl (C=O) groups is 2. The number of fused-ring (bicyclic) bond motifs is 6. The lowest BCUT2D eigenvalue weighted by atomic mass is 9.98. The summed E-state index contributed by atoms with van der Waals surface area (Å²) in [5.74, 6) is -0.278. The van der Waals surface area contributed by atoms with Gasteiger partial charge in [0.15, 0.2) is 0 Å². The molecule has 0 amide bonds. The average molecular weight is 373 g/mol. The van der Waals surface area contributed by atoms with Crippen molar-refractivity contribution in [2.24, 2.45) is 0 Å². The molecule has 2 heterocycles. The number of carbonyl (C=O) groups excluding carboxylic acids is 2. The van der Waals surface area contributed by atoms with Crippen LogP contribution in [0.5, 0.6) is 11.5 Å². The fourth-order valence-electron chi connectivity index (χ4n) is 3.47. The van der Waals surface area contributed by atoms with Crippen molar-refractivity contribution in [2.75, 3.05) is 0 Å². The fourth-order valence-corrected chi connectivity index (χ4v) is 3.47. The van der Waals surface area contributed by atoms with E-state index in [0.29, 0.717) is 35.1 Å². The van der Waals surface area contributed by atoms with Crippen molar-refractivity contribution in [3.63, 3.8) is 0 Å². The lowest BCUT2D eigenvalue weighted by molar-refractivity contribution is 0.103. The Morgan fingerprint density at radius 3 is 1.61 bits per heavy atom. The summed E-state index contributed by atoms with van der Waals surface area (Å²) in [6.07, 6.45) is 2.77. The van der Waals surface area contributed by atoms with Crippen molar-refractivity contribution in [2.45, 2.75) is 25.7 Å². The quantitative estimate of drug-likeness (QED) is 0.625. The van der Waals surface area contributed by atoms with Crippen molar-refractivity contribution in [3.8, 4) is 11.5 Å². The first-order valence-electron chi connectivity index (χ1n) is 9.23. The summed E-state index contributed by atoms with van der Waals surface area (Å²) < 4.78 is 0.